The van der Waals surface area contributed by atoms with Crippen molar-refractivity contribution in [3.8, 4) is 0 Å². The third-order valence-electron chi connectivity index (χ3n) is 4.35. The van der Waals surface area contributed by atoms with Gasteiger partial charge >= 0.3 is 0 Å². The van der Waals surface area contributed by atoms with Crippen molar-refractivity contribution in [3.05, 3.63) is 0 Å². The monoisotopic (exact) mass is 239 g/mol. The minimum absolute atomic E-state index is 0.227. The number of rotatable bonds is 6. The van der Waals surface area contributed by atoms with Crippen molar-refractivity contribution in [1.29, 1.82) is 0 Å². The summed E-state index contributed by atoms with van der Waals surface area (Å²) < 4.78 is 0. The van der Waals surface area contributed by atoms with Gasteiger partial charge in [0.15, 0.2) is 0 Å². The second kappa shape index (κ2) is 7.15. The van der Waals surface area contributed by atoms with E-state index in [1.807, 2.05) is 0 Å². The Morgan fingerprint density at radius 2 is 1.94 bits per heavy atom. The third kappa shape index (κ3) is 3.80. The van der Waals surface area contributed by atoms with Crippen LogP contribution in [0.1, 0.15) is 66.2 Å². The molecule has 17 heavy (non-hydrogen) atoms. The molecule has 3 unspecified atom stereocenters. The number of hydrogen-bond acceptors (Lipinski definition) is 2. The van der Waals surface area contributed by atoms with E-state index in [9.17, 15) is 4.79 Å². The summed E-state index contributed by atoms with van der Waals surface area (Å²) in [4.78, 5) is 14.3. The molecule has 0 spiro atoms. The number of nitrogens with zero attached hydrogens (tertiary/aromatic N) is 1. The summed E-state index contributed by atoms with van der Waals surface area (Å²) >= 11 is 0. The smallest absolute Gasteiger partial charge is 0.138 e. The molecule has 1 rings (SSSR count). The van der Waals surface area contributed by atoms with Crippen molar-refractivity contribution in [2.45, 2.75) is 78.3 Å². The summed E-state index contributed by atoms with van der Waals surface area (Å²) in [5.41, 5.74) is 0. The number of carbonyl (C=O) groups excluding carboxylic acids is 1. The number of piperidine rings is 1. The third-order valence-corrected chi connectivity index (χ3v) is 4.35. The van der Waals surface area contributed by atoms with Crippen LogP contribution >= 0.6 is 0 Å². The largest absolute Gasteiger partial charge is 0.299 e. The van der Waals surface area contributed by atoms with Crippen LogP contribution in [-0.2, 0) is 4.79 Å². The Bertz CT molecular complexity index is 239. The van der Waals surface area contributed by atoms with Crippen LogP contribution in [-0.4, -0.2) is 29.3 Å². The van der Waals surface area contributed by atoms with Crippen molar-refractivity contribution < 1.29 is 4.79 Å². The molecule has 0 N–H and O–H groups in total. The molecule has 0 aliphatic carbocycles. The van der Waals surface area contributed by atoms with Crippen LogP contribution in [0.2, 0.25) is 0 Å². The number of hydrogen-bond donors (Lipinski definition) is 0. The van der Waals surface area contributed by atoms with Gasteiger partial charge in [0, 0.05) is 31.0 Å². The average Bonchev–Trinajstić information content (AvgIpc) is 2.32. The summed E-state index contributed by atoms with van der Waals surface area (Å²) in [5, 5.41) is 0. The van der Waals surface area contributed by atoms with Crippen molar-refractivity contribution in [2.24, 2.45) is 5.92 Å². The fraction of sp³-hybridized carbons (Fsp3) is 0.933. The van der Waals surface area contributed by atoms with Gasteiger partial charge in [-0.15, -0.1) is 0 Å². The van der Waals surface area contributed by atoms with Crippen molar-refractivity contribution in [3.63, 3.8) is 0 Å². The van der Waals surface area contributed by atoms with Gasteiger partial charge in [0.2, 0.25) is 0 Å². The molecule has 1 aliphatic rings. The van der Waals surface area contributed by atoms with Gasteiger partial charge in [-0.3, -0.25) is 9.69 Å². The molecule has 0 aromatic carbocycles. The highest BCUT2D eigenvalue weighted by Crippen LogP contribution is 2.26. The summed E-state index contributed by atoms with van der Waals surface area (Å²) in [6.45, 7) is 9.84. The second-order valence-corrected chi connectivity index (χ2v) is 5.57. The van der Waals surface area contributed by atoms with Crippen LogP contribution in [0.5, 0.6) is 0 Å². The SMILES string of the molecule is CCCCC(CCC)N1CCC(=O)C(C)C1C. The summed E-state index contributed by atoms with van der Waals surface area (Å²) in [6, 6.07) is 1.13. The van der Waals surface area contributed by atoms with Gasteiger partial charge in [0.1, 0.15) is 5.78 Å². The lowest BCUT2D eigenvalue weighted by atomic mass is 9.88. The van der Waals surface area contributed by atoms with Gasteiger partial charge < -0.3 is 0 Å². The normalized spacial score (nSPS) is 28.4. The maximum Gasteiger partial charge on any atom is 0.138 e. The van der Waals surface area contributed by atoms with Crippen molar-refractivity contribution in [2.75, 3.05) is 6.54 Å². The lowest BCUT2D eigenvalue weighted by Crippen LogP contribution is -2.51. The molecule has 0 bridgehead atoms. The molecule has 0 saturated carbocycles. The highest BCUT2D eigenvalue weighted by molar-refractivity contribution is 5.82. The molecule has 2 heteroatoms. The fourth-order valence-electron chi connectivity index (χ4n) is 2.99. The Morgan fingerprint density at radius 1 is 1.24 bits per heavy atom. The highest BCUT2D eigenvalue weighted by atomic mass is 16.1. The first kappa shape index (κ1) is 14.7. The van der Waals surface area contributed by atoms with E-state index in [1.165, 1.54) is 32.1 Å². The molecule has 100 valence electrons. The van der Waals surface area contributed by atoms with Crippen LogP contribution in [0.15, 0.2) is 0 Å². The molecule has 3 atom stereocenters. The first-order valence-corrected chi connectivity index (χ1v) is 7.40. The Morgan fingerprint density at radius 3 is 2.53 bits per heavy atom. The van der Waals surface area contributed by atoms with E-state index in [1.54, 1.807) is 0 Å². The van der Waals surface area contributed by atoms with E-state index in [4.69, 9.17) is 0 Å². The predicted molar refractivity (Wildman–Crippen MR) is 73.2 cm³/mol. The fourth-order valence-corrected chi connectivity index (χ4v) is 2.99. The topological polar surface area (TPSA) is 20.3 Å². The summed E-state index contributed by atoms with van der Waals surface area (Å²) in [7, 11) is 0. The van der Waals surface area contributed by atoms with Crippen LogP contribution < -0.4 is 0 Å². The molecule has 1 saturated heterocycles. The maximum atomic E-state index is 11.7. The van der Waals surface area contributed by atoms with Crippen LogP contribution in [0.25, 0.3) is 0 Å². The summed E-state index contributed by atoms with van der Waals surface area (Å²) in [5.74, 6) is 0.684. The van der Waals surface area contributed by atoms with Crippen LogP contribution in [0.3, 0.4) is 0 Å². The Kier molecular flexibility index (Phi) is 6.18. The zero-order chi connectivity index (χ0) is 12.8. The number of ketones is 1. The van der Waals surface area contributed by atoms with Crippen molar-refractivity contribution in [1.82, 2.24) is 4.90 Å². The predicted octanol–water partition coefficient (Wildman–Crippen LogP) is 3.64. The van der Waals surface area contributed by atoms with Gasteiger partial charge in [-0.05, 0) is 19.8 Å². The van der Waals surface area contributed by atoms with Gasteiger partial charge in [0.25, 0.3) is 0 Å². The number of Topliss-reactive ketones (excluding diaryl/α,β-unsaturated/α-hetero) is 1. The number of unbranched alkanes of at least 4 members (excludes halogenated alkanes) is 1. The minimum atomic E-state index is 0.227. The van der Waals surface area contributed by atoms with Gasteiger partial charge in [-0.2, -0.15) is 0 Å². The standard InChI is InChI=1S/C15H29NO/c1-5-7-9-14(8-6-2)16-11-10-15(17)12(3)13(16)4/h12-14H,5-11H2,1-4H3. The van der Waals surface area contributed by atoms with E-state index in [-0.39, 0.29) is 5.92 Å². The van der Waals surface area contributed by atoms with E-state index in [0.717, 1.165) is 13.0 Å². The lowest BCUT2D eigenvalue weighted by Gasteiger charge is -2.42. The molecular weight excluding hydrogens is 210 g/mol. The first-order valence-electron chi connectivity index (χ1n) is 7.40. The first-order chi connectivity index (χ1) is 8.11. The molecule has 2 nitrogen and oxygen atoms in total. The van der Waals surface area contributed by atoms with E-state index in [2.05, 4.69) is 32.6 Å². The summed E-state index contributed by atoms with van der Waals surface area (Å²) in [6.07, 6.45) is 7.19. The molecule has 0 radical (unpaired) electrons. The van der Waals surface area contributed by atoms with Crippen LogP contribution in [0.4, 0.5) is 0 Å². The zero-order valence-electron chi connectivity index (χ0n) is 12.0. The van der Waals surface area contributed by atoms with E-state index in [0.29, 0.717) is 17.9 Å². The molecule has 1 fully saturated rings. The second-order valence-electron chi connectivity index (χ2n) is 5.57. The Balaban J connectivity index is 2.62. The Labute approximate surface area is 107 Å². The molecule has 0 aromatic heterocycles. The molecule has 1 aliphatic heterocycles. The average molecular weight is 239 g/mol. The van der Waals surface area contributed by atoms with E-state index >= 15 is 0 Å². The number of carbonyl (C=O) groups is 1. The van der Waals surface area contributed by atoms with Crippen molar-refractivity contribution >= 4 is 5.78 Å². The molecule has 0 amide bonds. The lowest BCUT2D eigenvalue weighted by molar-refractivity contribution is -0.129. The van der Waals surface area contributed by atoms with Crippen LogP contribution in [0, 0.1) is 5.92 Å². The zero-order valence-corrected chi connectivity index (χ0v) is 12.0. The molecular formula is C15H29NO. The highest BCUT2D eigenvalue weighted by Gasteiger charge is 2.33. The molecule has 1 heterocycles. The Hall–Kier alpha value is -0.370. The van der Waals surface area contributed by atoms with E-state index < -0.39 is 0 Å². The molecule has 0 aromatic rings. The number of likely N-dealkylation sites (tertiary alicyclic amines) is 1. The van der Waals surface area contributed by atoms with Gasteiger partial charge in [-0.1, -0.05) is 40.0 Å². The minimum Gasteiger partial charge on any atom is -0.299 e. The van der Waals surface area contributed by atoms with Gasteiger partial charge in [0.05, 0.1) is 0 Å². The van der Waals surface area contributed by atoms with Gasteiger partial charge in [-0.25, -0.2) is 0 Å². The maximum absolute atomic E-state index is 11.7. The quantitative estimate of drug-likeness (QED) is 0.705.